The van der Waals surface area contributed by atoms with Crippen LogP contribution in [0.25, 0.3) is 0 Å². The van der Waals surface area contributed by atoms with Gasteiger partial charge in [0.15, 0.2) is 0 Å². The highest BCUT2D eigenvalue weighted by Crippen LogP contribution is 2.14. The number of carbonyl (C=O) groups excluding carboxylic acids is 1. The molecule has 0 aliphatic heterocycles. The first-order chi connectivity index (χ1) is 5.39. The monoisotopic (exact) mass is 172 g/mol. The fourth-order valence-electron chi connectivity index (χ4n) is 1.29. The van der Waals surface area contributed by atoms with Crippen molar-refractivity contribution in [3.63, 3.8) is 0 Å². The zero-order chi connectivity index (χ0) is 9.78. The summed E-state index contributed by atoms with van der Waals surface area (Å²) in [6, 6.07) is 0. The lowest BCUT2D eigenvalue weighted by Crippen LogP contribution is -2.39. The van der Waals surface area contributed by atoms with Gasteiger partial charge in [-0.15, -0.1) is 0 Å². The number of carbonyl (C=O) groups is 1. The van der Waals surface area contributed by atoms with E-state index in [1.807, 2.05) is 14.1 Å². The molecule has 0 saturated heterocycles. The second-order valence-corrected chi connectivity index (χ2v) is 4.07. The Bertz CT molecular complexity index is 155. The Morgan fingerprint density at radius 3 is 2.33 bits per heavy atom. The van der Waals surface area contributed by atoms with Crippen LogP contribution in [0.2, 0.25) is 0 Å². The average molecular weight is 172 g/mol. The van der Waals surface area contributed by atoms with Gasteiger partial charge in [-0.05, 0) is 12.5 Å². The molecule has 0 aliphatic carbocycles. The standard InChI is InChI=1S/C9H20N2O/c1-8(12)11(5)7-9(2,3)6-10-4/h10H,6-7H2,1-5H3. The minimum absolute atomic E-state index is 0.124. The second-order valence-electron chi connectivity index (χ2n) is 4.07. The van der Waals surface area contributed by atoms with E-state index >= 15 is 0 Å². The summed E-state index contributed by atoms with van der Waals surface area (Å²) in [5.41, 5.74) is 0.148. The van der Waals surface area contributed by atoms with Crippen molar-refractivity contribution < 1.29 is 4.79 Å². The van der Waals surface area contributed by atoms with E-state index in [-0.39, 0.29) is 11.3 Å². The van der Waals surface area contributed by atoms with Crippen molar-refractivity contribution in [1.82, 2.24) is 10.2 Å². The summed E-state index contributed by atoms with van der Waals surface area (Å²) in [6.45, 7) is 7.59. The van der Waals surface area contributed by atoms with Gasteiger partial charge in [-0.3, -0.25) is 4.79 Å². The predicted molar refractivity (Wildman–Crippen MR) is 51.0 cm³/mol. The van der Waals surface area contributed by atoms with Crippen LogP contribution < -0.4 is 5.32 Å². The van der Waals surface area contributed by atoms with Crippen LogP contribution in [0, 0.1) is 5.41 Å². The van der Waals surface area contributed by atoms with Gasteiger partial charge in [0.2, 0.25) is 5.91 Å². The number of rotatable bonds is 4. The lowest BCUT2D eigenvalue weighted by Gasteiger charge is -2.29. The Labute approximate surface area is 75.1 Å². The molecule has 3 nitrogen and oxygen atoms in total. The third-order valence-corrected chi connectivity index (χ3v) is 1.86. The maximum Gasteiger partial charge on any atom is 0.219 e. The molecule has 0 spiro atoms. The molecule has 0 rings (SSSR count). The van der Waals surface area contributed by atoms with Crippen LogP contribution in [0.5, 0.6) is 0 Å². The van der Waals surface area contributed by atoms with Crippen molar-refractivity contribution in [2.24, 2.45) is 5.41 Å². The second kappa shape index (κ2) is 4.45. The Kier molecular flexibility index (Phi) is 4.24. The molecule has 0 bridgehead atoms. The van der Waals surface area contributed by atoms with Crippen molar-refractivity contribution in [2.75, 3.05) is 27.2 Å². The Morgan fingerprint density at radius 1 is 1.50 bits per heavy atom. The Morgan fingerprint density at radius 2 is 2.00 bits per heavy atom. The summed E-state index contributed by atoms with van der Waals surface area (Å²) in [5, 5.41) is 3.11. The first kappa shape index (κ1) is 11.4. The summed E-state index contributed by atoms with van der Waals surface area (Å²) >= 11 is 0. The first-order valence-electron chi connectivity index (χ1n) is 4.25. The highest BCUT2D eigenvalue weighted by Gasteiger charge is 2.19. The molecule has 0 aromatic carbocycles. The number of hydrogen-bond donors (Lipinski definition) is 1. The van der Waals surface area contributed by atoms with Crippen molar-refractivity contribution in [2.45, 2.75) is 20.8 Å². The molecule has 0 heterocycles. The van der Waals surface area contributed by atoms with Crippen LogP contribution in [-0.2, 0) is 4.79 Å². The average Bonchev–Trinajstić information content (AvgIpc) is 1.85. The van der Waals surface area contributed by atoms with E-state index in [9.17, 15) is 4.79 Å². The van der Waals surface area contributed by atoms with Crippen LogP contribution in [0.3, 0.4) is 0 Å². The maximum absolute atomic E-state index is 10.9. The SMILES string of the molecule is CNCC(C)(C)CN(C)C(C)=O. The van der Waals surface area contributed by atoms with E-state index in [4.69, 9.17) is 0 Å². The Balaban J connectivity index is 3.95. The smallest absolute Gasteiger partial charge is 0.219 e. The predicted octanol–water partition coefficient (Wildman–Crippen LogP) is 0.710. The van der Waals surface area contributed by atoms with Gasteiger partial charge in [0, 0.05) is 27.1 Å². The number of amides is 1. The zero-order valence-corrected chi connectivity index (χ0v) is 8.77. The molecule has 0 fully saturated rings. The van der Waals surface area contributed by atoms with Gasteiger partial charge >= 0.3 is 0 Å². The highest BCUT2D eigenvalue weighted by molar-refractivity contribution is 5.72. The molecular weight excluding hydrogens is 152 g/mol. The fourth-order valence-corrected chi connectivity index (χ4v) is 1.29. The minimum Gasteiger partial charge on any atom is -0.345 e. The summed E-state index contributed by atoms with van der Waals surface area (Å²) in [5.74, 6) is 0.124. The van der Waals surface area contributed by atoms with Gasteiger partial charge < -0.3 is 10.2 Å². The summed E-state index contributed by atoms with van der Waals surface area (Å²) in [4.78, 5) is 12.7. The molecule has 0 atom stereocenters. The molecule has 3 heteroatoms. The van der Waals surface area contributed by atoms with E-state index in [1.54, 1.807) is 11.8 Å². The van der Waals surface area contributed by atoms with Gasteiger partial charge in [0.1, 0.15) is 0 Å². The molecule has 1 amide bonds. The van der Waals surface area contributed by atoms with Gasteiger partial charge in [-0.25, -0.2) is 0 Å². The summed E-state index contributed by atoms with van der Waals surface area (Å²) < 4.78 is 0. The summed E-state index contributed by atoms with van der Waals surface area (Å²) in [7, 11) is 3.76. The molecule has 0 radical (unpaired) electrons. The van der Waals surface area contributed by atoms with E-state index in [2.05, 4.69) is 19.2 Å². The molecule has 0 saturated carbocycles. The van der Waals surface area contributed by atoms with Crippen LogP contribution in [0.4, 0.5) is 0 Å². The largest absolute Gasteiger partial charge is 0.345 e. The normalized spacial score (nSPS) is 11.4. The van der Waals surface area contributed by atoms with Crippen LogP contribution >= 0.6 is 0 Å². The molecular formula is C9H20N2O. The Hall–Kier alpha value is -0.570. The molecule has 1 N–H and O–H groups in total. The number of nitrogens with zero attached hydrogens (tertiary/aromatic N) is 1. The van der Waals surface area contributed by atoms with Gasteiger partial charge in [0.05, 0.1) is 0 Å². The molecule has 0 aromatic heterocycles. The van der Waals surface area contributed by atoms with E-state index < -0.39 is 0 Å². The molecule has 0 aliphatic rings. The highest BCUT2D eigenvalue weighted by atomic mass is 16.2. The minimum atomic E-state index is 0.124. The van der Waals surface area contributed by atoms with E-state index in [0.29, 0.717) is 0 Å². The third-order valence-electron chi connectivity index (χ3n) is 1.86. The third kappa shape index (κ3) is 4.34. The van der Waals surface area contributed by atoms with Crippen LogP contribution in [0.1, 0.15) is 20.8 Å². The fraction of sp³-hybridized carbons (Fsp3) is 0.889. The van der Waals surface area contributed by atoms with Gasteiger partial charge in [-0.2, -0.15) is 0 Å². The number of hydrogen-bond acceptors (Lipinski definition) is 2. The van der Waals surface area contributed by atoms with Crippen molar-refractivity contribution in [1.29, 1.82) is 0 Å². The lowest BCUT2D eigenvalue weighted by atomic mass is 9.93. The maximum atomic E-state index is 10.9. The molecule has 0 unspecified atom stereocenters. The molecule has 12 heavy (non-hydrogen) atoms. The van der Waals surface area contributed by atoms with Crippen LogP contribution in [0.15, 0.2) is 0 Å². The van der Waals surface area contributed by atoms with Crippen molar-refractivity contribution >= 4 is 5.91 Å². The zero-order valence-electron chi connectivity index (χ0n) is 8.77. The lowest BCUT2D eigenvalue weighted by molar-refractivity contribution is -0.128. The van der Waals surface area contributed by atoms with Gasteiger partial charge in [0.25, 0.3) is 0 Å². The van der Waals surface area contributed by atoms with E-state index in [0.717, 1.165) is 13.1 Å². The van der Waals surface area contributed by atoms with Gasteiger partial charge in [-0.1, -0.05) is 13.8 Å². The summed E-state index contributed by atoms with van der Waals surface area (Å²) in [6.07, 6.45) is 0. The van der Waals surface area contributed by atoms with E-state index in [1.165, 1.54) is 0 Å². The number of nitrogens with one attached hydrogen (secondary N) is 1. The first-order valence-corrected chi connectivity index (χ1v) is 4.25. The van der Waals surface area contributed by atoms with Crippen molar-refractivity contribution in [3.8, 4) is 0 Å². The molecule has 72 valence electrons. The van der Waals surface area contributed by atoms with Crippen LogP contribution in [-0.4, -0.2) is 38.0 Å². The topological polar surface area (TPSA) is 32.3 Å². The van der Waals surface area contributed by atoms with Crippen molar-refractivity contribution in [3.05, 3.63) is 0 Å². The quantitative estimate of drug-likeness (QED) is 0.677. The molecule has 0 aromatic rings.